The lowest BCUT2D eigenvalue weighted by atomic mass is 10.3. The summed E-state index contributed by atoms with van der Waals surface area (Å²) in [5.41, 5.74) is 0.738. The van der Waals surface area contributed by atoms with E-state index < -0.39 is 12.1 Å². The molecule has 1 aromatic rings. The Morgan fingerprint density at radius 3 is 3.05 bits per heavy atom. The molecule has 0 radical (unpaired) electrons. The number of nitrogens with zero attached hydrogens (tertiary/aromatic N) is 2. The molecular formula is C11H15N3O5. The molecule has 1 unspecified atom stereocenters. The summed E-state index contributed by atoms with van der Waals surface area (Å²) in [6, 6.07) is 1.38. The summed E-state index contributed by atoms with van der Waals surface area (Å²) in [4.78, 5) is 24.1. The predicted octanol–water partition coefficient (Wildman–Crippen LogP) is -0.0220. The lowest BCUT2D eigenvalue weighted by Crippen LogP contribution is -2.51. The first kappa shape index (κ1) is 13.3. The normalized spacial score (nSPS) is 19.2. The van der Waals surface area contributed by atoms with Crippen molar-refractivity contribution in [1.82, 2.24) is 15.4 Å². The Kier molecular flexibility index (Phi) is 4.00. The van der Waals surface area contributed by atoms with Crippen LogP contribution in [0.5, 0.6) is 0 Å². The van der Waals surface area contributed by atoms with E-state index in [0.29, 0.717) is 12.3 Å². The Labute approximate surface area is 109 Å². The zero-order valence-corrected chi connectivity index (χ0v) is 10.5. The van der Waals surface area contributed by atoms with Gasteiger partial charge in [-0.25, -0.2) is 9.59 Å². The van der Waals surface area contributed by atoms with E-state index in [0.717, 1.165) is 5.69 Å². The second-order valence-corrected chi connectivity index (χ2v) is 4.24. The molecule has 2 heterocycles. The fraction of sp³-hybridized carbons (Fsp3) is 0.545. The zero-order valence-electron chi connectivity index (χ0n) is 10.5. The number of rotatable bonds is 3. The maximum absolute atomic E-state index is 11.9. The van der Waals surface area contributed by atoms with Gasteiger partial charge < -0.3 is 24.6 Å². The summed E-state index contributed by atoms with van der Waals surface area (Å²) >= 11 is 0. The molecule has 1 saturated heterocycles. The monoisotopic (exact) mass is 269 g/mol. The van der Waals surface area contributed by atoms with Crippen molar-refractivity contribution in [2.45, 2.75) is 19.6 Å². The molecule has 104 valence electrons. The zero-order chi connectivity index (χ0) is 13.8. The van der Waals surface area contributed by atoms with Crippen LogP contribution in [0, 0.1) is 6.92 Å². The summed E-state index contributed by atoms with van der Waals surface area (Å²) in [7, 11) is 0. The smallest absolute Gasteiger partial charge is 0.334 e. The molecule has 2 rings (SSSR count). The minimum absolute atomic E-state index is 0.0383. The maximum Gasteiger partial charge on any atom is 0.334 e. The van der Waals surface area contributed by atoms with Crippen LogP contribution < -0.4 is 5.32 Å². The summed E-state index contributed by atoms with van der Waals surface area (Å²) in [6.07, 6.45) is -0.966. The van der Waals surface area contributed by atoms with E-state index in [-0.39, 0.29) is 25.7 Å². The Hall–Kier alpha value is -2.09. The van der Waals surface area contributed by atoms with Crippen molar-refractivity contribution in [1.29, 1.82) is 0 Å². The molecule has 2 amide bonds. The second kappa shape index (κ2) is 5.70. The van der Waals surface area contributed by atoms with Crippen LogP contribution in [0.25, 0.3) is 0 Å². The summed E-state index contributed by atoms with van der Waals surface area (Å²) in [5, 5.41) is 15.2. The molecule has 1 aromatic heterocycles. The van der Waals surface area contributed by atoms with Gasteiger partial charge in [-0.3, -0.25) is 0 Å². The number of aliphatic carboxylic acids is 1. The number of aromatic nitrogens is 1. The molecule has 1 atom stereocenters. The molecule has 19 heavy (non-hydrogen) atoms. The van der Waals surface area contributed by atoms with Gasteiger partial charge in [0, 0.05) is 12.6 Å². The van der Waals surface area contributed by atoms with Crippen LogP contribution in [0.15, 0.2) is 10.6 Å². The molecule has 1 aliphatic rings. The summed E-state index contributed by atoms with van der Waals surface area (Å²) < 4.78 is 10.00. The number of hydrogen-bond donors (Lipinski definition) is 2. The number of hydrogen-bond acceptors (Lipinski definition) is 5. The molecule has 1 fully saturated rings. The standard InChI is InChI=1S/C11H15N3O5/c1-7-4-8(19-13-7)5-12-11(17)14-2-3-18-9(6-14)10(15)16/h4,9H,2-3,5-6H2,1H3,(H,12,17)(H,15,16). The van der Waals surface area contributed by atoms with Crippen molar-refractivity contribution in [2.24, 2.45) is 0 Å². The summed E-state index contributed by atoms with van der Waals surface area (Å²) in [5.74, 6) is -0.516. The number of carbonyl (C=O) groups is 2. The van der Waals surface area contributed by atoms with Crippen molar-refractivity contribution in [2.75, 3.05) is 19.7 Å². The number of aryl methyl sites for hydroxylation is 1. The minimum Gasteiger partial charge on any atom is -0.479 e. The van der Waals surface area contributed by atoms with Crippen LogP contribution in [0.1, 0.15) is 11.5 Å². The van der Waals surface area contributed by atoms with E-state index in [4.69, 9.17) is 14.4 Å². The first-order valence-electron chi connectivity index (χ1n) is 5.85. The molecule has 8 heteroatoms. The van der Waals surface area contributed by atoms with Crippen LogP contribution in [0.3, 0.4) is 0 Å². The number of carboxylic acid groups (broad SMARTS) is 1. The van der Waals surface area contributed by atoms with Crippen LogP contribution >= 0.6 is 0 Å². The lowest BCUT2D eigenvalue weighted by Gasteiger charge is -2.30. The third kappa shape index (κ3) is 3.44. The van der Waals surface area contributed by atoms with Crippen molar-refractivity contribution in [3.05, 3.63) is 17.5 Å². The molecule has 2 N–H and O–H groups in total. The third-order valence-electron chi connectivity index (χ3n) is 2.72. The molecule has 0 aliphatic carbocycles. The molecule has 1 aliphatic heterocycles. The highest BCUT2D eigenvalue weighted by atomic mass is 16.5. The Morgan fingerprint density at radius 2 is 2.42 bits per heavy atom. The van der Waals surface area contributed by atoms with Crippen molar-refractivity contribution in [3.63, 3.8) is 0 Å². The van der Waals surface area contributed by atoms with E-state index in [2.05, 4.69) is 10.5 Å². The number of carbonyl (C=O) groups excluding carboxylic acids is 1. The van der Waals surface area contributed by atoms with Gasteiger partial charge in [0.05, 0.1) is 25.4 Å². The molecule has 0 bridgehead atoms. The minimum atomic E-state index is -1.07. The van der Waals surface area contributed by atoms with Gasteiger partial charge in [-0.05, 0) is 6.92 Å². The van der Waals surface area contributed by atoms with E-state index in [1.165, 1.54) is 4.90 Å². The number of nitrogens with one attached hydrogen (secondary N) is 1. The van der Waals surface area contributed by atoms with Gasteiger partial charge in [-0.1, -0.05) is 5.16 Å². The molecule has 0 saturated carbocycles. The van der Waals surface area contributed by atoms with Crippen LogP contribution in [-0.4, -0.2) is 53.0 Å². The van der Waals surface area contributed by atoms with Crippen LogP contribution in [0.4, 0.5) is 4.79 Å². The fourth-order valence-electron chi connectivity index (χ4n) is 1.76. The van der Waals surface area contributed by atoms with E-state index >= 15 is 0 Å². The number of carboxylic acids is 1. The fourth-order valence-corrected chi connectivity index (χ4v) is 1.76. The molecular weight excluding hydrogens is 254 g/mol. The van der Waals surface area contributed by atoms with E-state index in [1.54, 1.807) is 13.0 Å². The highest BCUT2D eigenvalue weighted by molar-refractivity contribution is 5.77. The largest absolute Gasteiger partial charge is 0.479 e. The third-order valence-corrected chi connectivity index (χ3v) is 2.72. The Morgan fingerprint density at radius 1 is 1.63 bits per heavy atom. The average Bonchev–Trinajstić information content (AvgIpc) is 2.82. The highest BCUT2D eigenvalue weighted by Crippen LogP contribution is 2.06. The lowest BCUT2D eigenvalue weighted by molar-refractivity contribution is -0.154. The van der Waals surface area contributed by atoms with E-state index in [1.807, 2.05) is 0 Å². The Balaban J connectivity index is 1.84. The quantitative estimate of drug-likeness (QED) is 0.798. The van der Waals surface area contributed by atoms with Gasteiger partial charge in [0.1, 0.15) is 0 Å². The van der Waals surface area contributed by atoms with Crippen LogP contribution in [0.2, 0.25) is 0 Å². The highest BCUT2D eigenvalue weighted by Gasteiger charge is 2.28. The van der Waals surface area contributed by atoms with Gasteiger partial charge in [-0.15, -0.1) is 0 Å². The van der Waals surface area contributed by atoms with Gasteiger partial charge >= 0.3 is 12.0 Å². The SMILES string of the molecule is Cc1cc(CNC(=O)N2CCOC(C(=O)O)C2)on1. The van der Waals surface area contributed by atoms with Crippen molar-refractivity contribution < 1.29 is 24.0 Å². The van der Waals surface area contributed by atoms with Gasteiger partial charge in [-0.2, -0.15) is 0 Å². The number of ether oxygens (including phenoxy) is 1. The first-order chi connectivity index (χ1) is 9.06. The second-order valence-electron chi connectivity index (χ2n) is 4.24. The van der Waals surface area contributed by atoms with Gasteiger partial charge in [0.2, 0.25) is 0 Å². The topological polar surface area (TPSA) is 105 Å². The predicted molar refractivity (Wildman–Crippen MR) is 62.4 cm³/mol. The molecule has 0 aromatic carbocycles. The Bertz CT molecular complexity index is 473. The van der Waals surface area contributed by atoms with Crippen molar-refractivity contribution >= 4 is 12.0 Å². The number of morpholine rings is 1. The van der Waals surface area contributed by atoms with Gasteiger partial charge in [0.15, 0.2) is 11.9 Å². The van der Waals surface area contributed by atoms with Crippen molar-refractivity contribution in [3.8, 4) is 0 Å². The molecule has 8 nitrogen and oxygen atoms in total. The number of amides is 2. The summed E-state index contributed by atoms with van der Waals surface area (Å²) in [6.45, 7) is 2.62. The first-order valence-corrected chi connectivity index (χ1v) is 5.85. The van der Waals surface area contributed by atoms with Gasteiger partial charge in [0.25, 0.3) is 0 Å². The molecule has 0 spiro atoms. The van der Waals surface area contributed by atoms with Crippen LogP contribution in [-0.2, 0) is 16.1 Å². The van der Waals surface area contributed by atoms with E-state index in [9.17, 15) is 9.59 Å². The number of urea groups is 1. The average molecular weight is 269 g/mol. The maximum atomic E-state index is 11.9.